The second kappa shape index (κ2) is 10.1. The van der Waals surface area contributed by atoms with Gasteiger partial charge in [0.25, 0.3) is 0 Å². The average Bonchev–Trinajstić information content (AvgIpc) is 2.76. The van der Waals surface area contributed by atoms with Gasteiger partial charge in [-0.25, -0.2) is 0 Å². The van der Waals surface area contributed by atoms with E-state index < -0.39 is 0 Å². The number of ether oxygens (including phenoxy) is 2. The van der Waals surface area contributed by atoms with Crippen molar-refractivity contribution in [3.05, 3.63) is 48.5 Å². The Kier molecular flexibility index (Phi) is 7.33. The molecule has 6 heteroatoms. The summed E-state index contributed by atoms with van der Waals surface area (Å²) in [7, 11) is 0. The number of hydrogen-bond donors (Lipinski definition) is 1. The SMILES string of the molecule is CCOc1ccc(Oc2ccc(NC(=O)[C@@H]3CCCN(C(=O)C(C)C)C3)cc2)cc1. The van der Waals surface area contributed by atoms with Gasteiger partial charge in [-0.1, -0.05) is 13.8 Å². The molecule has 3 rings (SSSR count). The molecule has 1 atom stereocenters. The van der Waals surface area contributed by atoms with Crippen LogP contribution in [0.1, 0.15) is 33.6 Å². The molecule has 2 amide bonds. The molecule has 0 aliphatic carbocycles. The summed E-state index contributed by atoms with van der Waals surface area (Å²) in [4.78, 5) is 26.7. The van der Waals surface area contributed by atoms with E-state index in [1.165, 1.54) is 0 Å². The van der Waals surface area contributed by atoms with E-state index in [1.54, 1.807) is 0 Å². The molecule has 0 unspecified atom stereocenters. The smallest absolute Gasteiger partial charge is 0.229 e. The first-order valence-electron chi connectivity index (χ1n) is 10.6. The van der Waals surface area contributed by atoms with Crippen molar-refractivity contribution in [2.45, 2.75) is 33.6 Å². The summed E-state index contributed by atoms with van der Waals surface area (Å²) in [6.07, 6.45) is 1.65. The first-order valence-corrected chi connectivity index (χ1v) is 10.6. The number of nitrogens with zero attached hydrogens (tertiary/aromatic N) is 1. The molecule has 0 saturated carbocycles. The van der Waals surface area contributed by atoms with Gasteiger partial charge in [-0.15, -0.1) is 0 Å². The molecule has 1 heterocycles. The quantitative estimate of drug-likeness (QED) is 0.718. The van der Waals surface area contributed by atoms with Gasteiger partial charge in [0, 0.05) is 24.7 Å². The van der Waals surface area contributed by atoms with Crippen LogP contribution in [0, 0.1) is 11.8 Å². The lowest BCUT2D eigenvalue weighted by molar-refractivity contribution is -0.137. The molecule has 30 heavy (non-hydrogen) atoms. The van der Waals surface area contributed by atoms with E-state index in [9.17, 15) is 9.59 Å². The summed E-state index contributed by atoms with van der Waals surface area (Å²) in [6, 6.07) is 14.7. The molecule has 0 aromatic heterocycles. The van der Waals surface area contributed by atoms with E-state index in [4.69, 9.17) is 9.47 Å². The van der Waals surface area contributed by atoms with E-state index in [0.29, 0.717) is 30.3 Å². The number of carbonyl (C=O) groups is 2. The van der Waals surface area contributed by atoms with E-state index in [1.807, 2.05) is 74.2 Å². The zero-order chi connectivity index (χ0) is 21.5. The lowest BCUT2D eigenvalue weighted by atomic mass is 9.96. The number of piperidine rings is 1. The van der Waals surface area contributed by atoms with Gasteiger partial charge in [0.15, 0.2) is 0 Å². The van der Waals surface area contributed by atoms with Crippen LogP contribution in [0.15, 0.2) is 48.5 Å². The van der Waals surface area contributed by atoms with Crippen molar-refractivity contribution >= 4 is 17.5 Å². The van der Waals surface area contributed by atoms with Crippen molar-refractivity contribution in [3.63, 3.8) is 0 Å². The molecular weight excluding hydrogens is 380 g/mol. The number of rotatable bonds is 7. The third-order valence-corrected chi connectivity index (χ3v) is 5.09. The monoisotopic (exact) mass is 410 g/mol. The van der Waals surface area contributed by atoms with Crippen molar-refractivity contribution in [3.8, 4) is 17.2 Å². The maximum atomic E-state index is 12.7. The van der Waals surface area contributed by atoms with Gasteiger partial charge in [-0.3, -0.25) is 9.59 Å². The molecule has 6 nitrogen and oxygen atoms in total. The third kappa shape index (κ3) is 5.75. The first-order chi connectivity index (χ1) is 14.5. The van der Waals surface area contributed by atoms with Crippen LogP contribution in [0.5, 0.6) is 17.2 Å². The number of hydrogen-bond acceptors (Lipinski definition) is 4. The predicted molar refractivity (Wildman–Crippen MR) is 117 cm³/mol. The molecular formula is C24H30N2O4. The van der Waals surface area contributed by atoms with Crippen LogP contribution >= 0.6 is 0 Å². The molecule has 1 fully saturated rings. The van der Waals surface area contributed by atoms with Crippen molar-refractivity contribution < 1.29 is 19.1 Å². The number of anilines is 1. The van der Waals surface area contributed by atoms with Gasteiger partial charge in [0.1, 0.15) is 17.2 Å². The minimum Gasteiger partial charge on any atom is -0.494 e. The largest absolute Gasteiger partial charge is 0.494 e. The summed E-state index contributed by atoms with van der Waals surface area (Å²) in [5.74, 6) is 2.05. The van der Waals surface area contributed by atoms with Gasteiger partial charge in [-0.2, -0.15) is 0 Å². The molecule has 2 aromatic carbocycles. The Labute approximate surface area is 178 Å². The minimum absolute atomic E-state index is 0.0450. The Balaban J connectivity index is 1.54. The van der Waals surface area contributed by atoms with Crippen molar-refractivity contribution in [1.29, 1.82) is 0 Å². The fourth-order valence-corrected chi connectivity index (χ4v) is 3.51. The number of amides is 2. The molecule has 1 aliphatic heterocycles. The van der Waals surface area contributed by atoms with E-state index >= 15 is 0 Å². The second-order valence-electron chi connectivity index (χ2n) is 7.80. The van der Waals surface area contributed by atoms with E-state index in [0.717, 1.165) is 25.1 Å². The zero-order valence-corrected chi connectivity index (χ0v) is 17.9. The summed E-state index contributed by atoms with van der Waals surface area (Å²) in [6.45, 7) is 7.58. The highest BCUT2D eigenvalue weighted by Gasteiger charge is 2.29. The van der Waals surface area contributed by atoms with Crippen LogP contribution in [-0.4, -0.2) is 36.4 Å². The highest BCUT2D eigenvalue weighted by molar-refractivity contribution is 5.93. The molecule has 1 saturated heterocycles. The van der Waals surface area contributed by atoms with Crippen LogP contribution in [0.25, 0.3) is 0 Å². The summed E-state index contributed by atoms with van der Waals surface area (Å²) >= 11 is 0. The molecule has 1 N–H and O–H groups in total. The number of nitrogens with one attached hydrogen (secondary N) is 1. The average molecular weight is 411 g/mol. The van der Waals surface area contributed by atoms with Gasteiger partial charge in [0.05, 0.1) is 12.5 Å². The summed E-state index contributed by atoms with van der Waals surface area (Å²) in [5.41, 5.74) is 0.714. The summed E-state index contributed by atoms with van der Waals surface area (Å²) in [5, 5.41) is 2.96. The molecule has 0 bridgehead atoms. The van der Waals surface area contributed by atoms with Crippen molar-refractivity contribution in [2.75, 3.05) is 25.0 Å². The maximum absolute atomic E-state index is 12.7. The van der Waals surface area contributed by atoms with Gasteiger partial charge in [-0.05, 0) is 68.3 Å². The second-order valence-corrected chi connectivity index (χ2v) is 7.80. The topological polar surface area (TPSA) is 67.9 Å². The van der Waals surface area contributed by atoms with Gasteiger partial charge in [0.2, 0.25) is 11.8 Å². The Bertz CT molecular complexity index is 847. The Hall–Kier alpha value is -3.02. The normalized spacial score (nSPS) is 16.3. The Morgan fingerprint density at radius 2 is 1.63 bits per heavy atom. The van der Waals surface area contributed by atoms with Crippen molar-refractivity contribution in [2.24, 2.45) is 11.8 Å². The zero-order valence-electron chi connectivity index (χ0n) is 17.9. The van der Waals surface area contributed by atoms with Gasteiger partial charge >= 0.3 is 0 Å². The predicted octanol–water partition coefficient (Wildman–Crippen LogP) is 4.71. The molecule has 160 valence electrons. The molecule has 0 radical (unpaired) electrons. The number of carbonyl (C=O) groups excluding carboxylic acids is 2. The van der Waals surface area contributed by atoms with Crippen LogP contribution in [-0.2, 0) is 9.59 Å². The minimum atomic E-state index is -0.179. The highest BCUT2D eigenvalue weighted by atomic mass is 16.5. The molecule has 2 aromatic rings. The Morgan fingerprint density at radius 1 is 1.03 bits per heavy atom. The lowest BCUT2D eigenvalue weighted by Gasteiger charge is -2.33. The highest BCUT2D eigenvalue weighted by Crippen LogP contribution is 2.26. The lowest BCUT2D eigenvalue weighted by Crippen LogP contribution is -2.45. The Morgan fingerprint density at radius 3 is 2.23 bits per heavy atom. The first kappa shape index (κ1) is 21.7. The maximum Gasteiger partial charge on any atom is 0.229 e. The number of benzene rings is 2. The van der Waals surface area contributed by atoms with E-state index in [2.05, 4.69) is 5.32 Å². The third-order valence-electron chi connectivity index (χ3n) is 5.09. The van der Waals surface area contributed by atoms with Crippen LogP contribution in [0.3, 0.4) is 0 Å². The number of likely N-dealkylation sites (tertiary alicyclic amines) is 1. The fraction of sp³-hybridized carbons (Fsp3) is 0.417. The molecule has 1 aliphatic rings. The van der Waals surface area contributed by atoms with Crippen LogP contribution < -0.4 is 14.8 Å². The van der Waals surface area contributed by atoms with Gasteiger partial charge < -0.3 is 19.7 Å². The summed E-state index contributed by atoms with van der Waals surface area (Å²) < 4.78 is 11.3. The van der Waals surface area contributed by atoms with E-state index in [-0.39, 0.29) is 23.7 Å². The van der Waals surface area contributed by atoms with Crippen molar-refractivity contribution in [1.82, 2.24) is 4.90 Å². The fourth-order valence-electron chi connectivity index (χ4n) is 3.51. The van der Waals surface area contributed by atoms with Crippen LogP contribution in [0.4, 0.5) is 5.69 Å². The molecule has 0 spiro atoms. The standard InChI is InChI=1S/C24H30N2O4/c1-4-29-20-11-13-22(14-12-20)30-21-9-7-19(8-10-21)25-23(27)18-6-5-15-26(16-18)24(28)17(2)3/h7-14,17-18H,4-6,15-16H2,1-3H3,(H,25,27)/t18-/m1/s1. The van der Waals surface area contributed by atoms with Crippen LogP contribution in [0.2, 0.25) is 0 Å².